The lowest BCUT2D eigenvalue weighted by molar-refractivity contribution is -0.146. The number of nitrogens with zero attached hydrogens (tertiary/aromatic N) is 3. The molecule has 220 valence electrons. The first-order valence-corrected chi connectivity index (χ1v) is 14.8. The van der Waals surface area contributed by atoms with Crippen molar-refractivity contribution in [3.8, 4) is 16.5 Å². The van der Waals surface area contributed by atoms with E-state index in [1.165, 1.54) is 42.2 Å². The van der Waals surface area contributed by atoms with E-state index in [1.807, 2.05) is 24.3 Å². The van der Waals surface area contributed by atoms with Gasteiger partial charge in [0.25, 0.3) is 5.56 Å². The largest absolute Gasteiger partial charge is 0.496 e. The molecule has 0 amide bonds. The van der Waals surface area contributed by atoms with Crippen molar-refractivity contribution in [2.45, 2.75) is 64.3 Å². The third-order valence-corrected chi connectivity index (χ3v) is 9.94. The van der Waals surface area contributed by atoms with Crippen LogP contribution in [0.4, 0.5) is 0 Å². The predicted octanol–water partition coefficient (Wildman–Crippen LogP) is 5.13. The number of carbonyl (C=O) groups is 1. The Kier molecular flexibility index (Phi) is 7.18. The van der Waals surface area contributed by atoms with Crippen molar-refractivity contribution < 1.29 is 23.8 Å². The van der Waals surface area contributed by atoms with E-state index in [0.29, 0.717) is 38.7 Å². The number of thiophene rings is 1. The van der Waals surface area contributed by atoms with Crippen LogP contribution in [0.15, 0.2) is 62.9 Å². The third-order valence-electron chi connectivity index (χ3n) is 8.64. The van der Waals surface area contributed by atoms with E-state index in [-0.39, 0.29) is 18.0 Å². The van der Waals surface area contributed by atoms with E-state index in [4.69, 9.17) is 13.9 Å². The molecule has 0 aliphatic heterocycles. The molecule has 3 aromatic heterocycles. The van der Waals surface area contributed by atoms with E-state index in [2.05, 4.69) is 17.1 Å². The zero-order valence-electron chi connectivity index (χ0n) is 23.9. The molecule has 1 aromatic carbocycles. The Balaban J connectivity index is 1.55. The van der Waals surface area contributed by atoms with Crippen LogP contribution in [0.1, 0.15) is 50.3 Å². The van der Waals surface area contributed by atoms with Gasteiger partial charge in [0.05, 0.1) is 36.2 Å². The number of para-hydroxylation sites is 1. The van der Waals surface area contributed by atoms with Gasteiger partial charge in [-0.2, -0.15) is 0 Å². The molecule has 1 saturated carbocycles. The molecule has 0 saturated heterocycles. The van der Waals surface area contributed by atoms with Gasteiger partial charge in [-0.3, -0.25) is 9.36 Å². The molecule has 0 radical (unpaired) electrons. The van der Waals surface area contributed by atoms with Crippen LogP contribution in [-0.4, -0.2) is 38.4 Å². The van der Waals surface area contributed by atoms with Crippen molar-refractivity contribution in [1.82, 2.24) is 14.1 Å². The Morgan fingerprint density at radius 3 is 2.74 bits per heavy atom. The second-order valence-corrected chi connectivity index (χ2v) is 12.5. The van der Waals surface area contributed by atoms with Crippen LogP contribution < -0.4 is 16.0 Å². The van der Waals surface area contributed by atoms with Crippen LogP contribution in [0.2, 0.25) is 0 Å². The molecular formula is C31H33N3O7S. The summed E-state index contributed by atoms with van der Waals surface area (Å²) in [5.74, 6) is 0.663. The van der Waals surface area contributed by atoms with Crippen LogP contribution in [0.5, 0.6) is 5.75 Å². The summed E-state index contributed by atoms with van der Waals surface area (Å²) in [5, 5.41) is 10.3. The van der Waals surface area contributed by atoms with E-state index < -0.39 is 28.9 Å². The number of oxazole rings is 1. The van der Waals surface area contributed by atoms with Gasteiger partial charge in [0, 0.05) is 5.56 Å². The van der Waals surface area contributed by atoms with Crippen LogP contribution in [-0.2, 0) is 21.6 Å². The van der Waals surface area contributed by atoms with E-state index in [1.54, 1.807) is 14.0 Å². The highest BCUT2D eigenvalue weighted by Gasteiger charge is 2.39. The highest BCUT2D eigenvalue weighted by atomic mass is 32.1. The number of methoxy groups -OCH3 is 1. The lowest BCUT2D eigenvalue weighted by Gasteiger charge is -2.27. The zero-order chi connectivity index (χ0) is 29.8. The molecule has 4 aromatic rings. The molecule has 1 N–H and O–H groups in total. The number of rotatable bonds is 9. The highest BCUT2D eigenvalue weighted by Crippen LogP contribution is 2.44. The highest BCUT2D eigenvalue weighted by molar-refractivity contribution is 7.22. The van der Waals surface area contributed by atoms with E-state index in [9.17, 15) is 19.5 Å². The smallest absolute Gasteiger partial charge is 0.333 e. The minimum atomic E-state index is -1.81. The number of carboxylic acids is 1. The quantitative estimate of drug-likeness (QED) is 0.266. The maximum atomic E-state index is 14.2. The van der Waals surface area contributed by atoms with E-state index >= 15 is 0 Å². The van der Waals surface area contributed by atoms with Gasteiger partial charge in [0.2, 0.25) is 5.89 Å². The maximum absolute atomic E-state index is 14.2. The van der Waals surface area contributed by atoms with Crippen LogP contribution in [0.3, 0.4) is 0 Å². The number of ether oxygens (including phenoxy) is 2. The van der Waals surface area contributed by atoms with Gasteiger partial charge in [-0.05, 0) is 63.5 Å². The number of benzene rings is 1. The normalized spacial score (nSPS) is 20.7. The summed E-state index contributed by atoms with van der Waals surface area (Å²) in [6.45, 7) is 4.50. The van der Waals surface area contributed by atoms with Crippen LogP contribution in [0.25, 0.3) is 21.0 Å². The summed E-state index contributed by atoms with van der Waals surface area (Å²) in [6.07, 6.45) is 9.64. The van der Waals surface area contributed by atoms with E-state index in [0.717, 1.165) is 29.4 Å². The predicted molar refractivity (Wildman–Crippen MR) is 158 cm³/mol. The first kappa shape index (κ1) is 28.2. The first-order chi connectivity index (χ1) is 20.1. The van der Waals surface area contributed by atoms with Crippen molar-refractivity contribution in [1.29, 1.82) is 0 Å². The summed E-state index contributed by atoms with van der Waals surface area (Å²) in [5.41, 5.74) is -1.87. The molecule has 3 heterocycles. The van der Waals surface area contributed by atoms with Crippen LogP contribution in [0, 0.1) is 18.8 Å². The van der Waals surface area contributed by atoms with Crippen molar-refractivity contribution in [2.24, 2.45) is 11.8 Å². The van der Waals surface area contributed by atoms with Gasteiger partial charge < -0.3 is 19.0 Å². The first-order valence-electron chi connectivity index (χ1n) is 14.0. The fourth-order valence-corrected chi connectivity index (χ4v) is 7.57. The standard InChI is InChI=1S/C31H33N3O7S/c1-17-24-27(35)34(31(2,3)29(36)37)30(38)33(28(24)42-25(17)26-32-12-13-40-26)16-23(21-10-5-6-11-22(21)39-4)41-20-14-18-8-7-9-19(18)15-20/h5-8,10-13,18-20,23H,9,14-16H2,1-4H3,(H,36,37)/t18?,19?,20-,23?/m1/s1. The van der Waals surface area contributed by atoms with Crippen LogP contribution >= 0.6 is 11.3 Å². The summed E-state index contributed by atoms with van der Waals surface area (Å²) < 4.78 is 20.3. The maximum Gasteiger partial charge on any atom is 0.333 e. The minimum absolute atomic E-state index is 0.0274. The monoisotopic (exact) mass is 591 g/mol. The Morgan fingerprint density at radius 2 is 2.05 bits per heavy atom. The third kappa shape index (κ3) is 4.60. The Hall–Kier alpha value is -3.96. The summed E-state index contributed by atoms with van der Waals surface area (Å²) in [6, 6.07) is 7.52. The number of aromatic nitrogens is 3. The Bertz CT molecular complexity index is 1800. The second kappa shape index (κ2) is 10.7. The summed E-state index contributed by atoms with van der Waals surface area (Å²) in [4.78, 5) is 45.7. The summed E-state index contributed by atoms with van der Waals surface area (Å²) >= 11 is 1.22. The molecule has 10 nitrogen and oxygen atoms in total. The number of aliphatic carboxylic acids is 1. The molecule has 4 atom stereocenters. The van der Waals surface area contributed by atoms with Gasteiger partial charge in [-0.15, -0.1) is 11.3 Å². The zero-order valence-corrected chi connectivity index (χ0v) is 24.7. The van der Waals surface area contributed by atoms with Gasteiger partial charge in [-0.25, -0.2) is 19.1 Å². The molecule has 6 rings (SSSR count). The van der Waals surface area contributed by atoms with Gasteiger partial charge >= 0.3 is 11.7 Å². The number of fused-ring (bicyclic) bond motifs is 2. The van der Waals surface area contributed by atoms with Gasteiger partial charge in [0.15, 0.2) is 0 Å². The number of carboxylic acid groups (broad SMARTS) is 1. The second-order valence-electron chi connectivity index (χ2n) is 11.5. The average molecular weight is 592 g/mol. The molecule has 3 unspecified atom stereocenters. The number of hydrogen-bond donors (Lipinski definition) is 1. The number of allylic oxidation sites excluding steroid dienone is 2. The van der Waals surface area contributed by atoms with Crippen molar-refractivity contribution >= 4 is 27.5 Å². The average Bonchev–Trinajstić information content (AvgIpc) is 3.75. The van der Waals surface area contributed by atoms with Crippen molar-refractivity contribution in [3.63, 3.8) is 0 Å². The van der Waals surface area contributed by atoms with Crippen molar-refractivity contribution in [3.05, 3.63) is 80.8 Å². The molecule has 42 heavy (non-hydrogen) atoms. The molecule has 1 fully saturated rings. The molecule has 0 spiro atoms. The van der Waals surface area contributed by atoms with Crippen molar-refractivity contribution in [2.75, 3.05) is 7.11 Å². The lowest BCUT2D eigenvalue weighted by Crippen LogP contribution is -2.52. The molecule has 11 heteroatoms. The van der Waals surface area contributed by atoms with Gasteiger partial charge in [0.1, 0.15) is 28.5 Å². The fraction of sp³-hybridized carbons (Fsp3) is 0.419. The molecule has 0 bridgehead atoms. The van der Waals surface area contributed by atoms with Gasteiger partial charge in [-0.1, -0.05) is 30.4 Å². The topological polar surface area (TPSA) is 126 Å². The molecule has 2 aliphatic rings. The minimum Gasteiger partial charge on any atom is -0.496 e. The fourth-order valence-electron chi connectivity index (χ4n) is 6.33. The Morgan fingerprint density at radius 1 is 1.26 bits per heavy atom. The molecular weight excluding hydrogens is 558 g/mol. The molecule has 2 aliphatic carbocycles. The lowest BCUT2D eigenvalue weighted by atomic mass is 10.0. The number of aryl methyl sites for hydroxylation is 1. The number of hydrogen-bond acceptors (Lipinski definition) is 8. The SMILES string of the molecule is COc1ccccc1C(Cn1c(=O)n(C(C)(C)C(=O)O)c(=O)c2c(C)c(-c3ncco3)sc21)O[C@@H]1CC2C=CCC2C1. The Labute approximate surface area is 245 Å². The summed E-state index contributed by atoms with van der Waals surface area (Å²) in [7, 11) is 1.59.